The lowest BCUT2D eigenvalue weighted by atomic mass is 10.2. The summed E-state index contributed by atoms with van der Waals surface area (Å²) in [4.78, 5) is 22.9. The van der Waals surface area contributed by atoms with E-state index in [-0.39, 0.29) is 5.97 Å². The van der Waals surface area contributed by atoms with Crippen LogP contribution in [0.25, 0.3) is 0 Å². The van der Waals surface area contributed by atoms with Crippen molar-refractivity contribution in [3.05, 3.63) is 24.3 Å². The van der Waals surface area contributed by atoms with Gasteiger partial charge in [-0.05, 0) is 51.5 Å². The van der Waals surface area contributed by atoms with Crippen molar-refractivity contribution in [2.24, 2.45) is 0 Å². The zero-order valence-electron chi connectivity index (χ0n) is 13.0. The monoisotopic (exact) mass is 294 g/mol. The maximum absolute atomic E-state index is 11.5. The van der Waals surface area contributed by atoms with E-state index in [4.69, 9.17) is 14.2 Å². The third-order valence-electron chi connectivity index (χ3n) is 2.38. The highest BCUT2D eigenvalue weighted by molar-refractivity contribution is 5.72. The number of carbonyl (C=O) groups is 2. The topological polar surface area (TPSA) is 61.8 Å². The molecule has 0 aromatic heterocycles. The number of carbonyl (C=O) groups excluding carboxylic acids is 2. The Labute approximate surface area is 125 Å². The molecule has 0 saturated heterocycles. The predicted octanol–water partition coefficient (Wildman–Crippen LogP) is 4.10. The maximum atomic E-state index is 11.5. The fraction of sp³-hybridized carbons (Fsp3) is 0.500. The van der Waals surface area contributed by atoms with E-state index in [0.29, 0.717) is 17.9 Å². The lowest BCUT2D eigenvalue weighted by molar-refractivity contribution is -0.134. The van der Waals surface area contributed by atoms with E-state index < -0.39 is 11.8 Å². The first kappa shape index (κ1) is 17.0. The Kier molecular flexibility index (Phi) is 6.21. The lowest BCUT2D eigenvalue weighted by Gasteiger charge is -2.18. The van der Waals surface area contributed by atoms with Crippen LogP contribution in [0.2, 0.25) is 0 Å². The Bertz CT molecular complexity index is 470. The van der Waals surface area contributed by atoms with E-state index in [1.807, 2.05) is 6.92 Å². The van der Waals surface area contributed by atoms with Crippen LogP contribution in [0, 0.1) is 0 Å². The van der Waals surface area contributed by atoms with Gasteiger partial charge in [0.25, 0.3) is 0 Å². The quantitative estimate of drug-likeness (QED) is 0.465. The van der Waals surface area contributed by atoms with Gasteiger partial charge < -0.3 is 14.2 Å². The summed E-state index contributed by atoms with van der Waals surface area (Å²) in [5, 5.41) is 0. The van der Waals surface area contributed by atoms with Crippen LogP contribution in [0.4, 0.5) is 4.79 Å². The first-order chi connectivity index (χ1) is 9.80. The molecular formula is C16H22O5. The molecule has 0 atom stereocenters. The van der Waals surface area contributed by atoms with Gasteiger partial charge in [0.1, 0.15) is 17.1 Å². The number of hydrogen-bond acceptors (Lipinski definition) is 5. The van der Waals surface area contributed by atoms with Gasteiger partial charge in [0.05, 0.1) is 0 Å². The molecule has 1 rings (SSSR count). The molecule has 5 nitrogen and oxygen atoms in total. The van der Waals surface area contributed by atoms with E-state index in [1.165, 1.54) is 0 Å². The number of rotatable bonds is 5. The van der Waals surface area contributed by atoms with Crippen LogP contribution in [0.1, 0.15) is 47.0 Å². The minimum absolute atomic E-state index is 0.266. The van der Waals surface area contributed by atoms with Crippen molar-refractivity contribution in [2.45, 2.75) is 52.6 Å². The van der Waals surface area contributed by atoms with Crippen molar-refractivity contribution < 1.29 is 23.8 Å². The summed E-state index contributed by atoms with van der Waals surface area (Å²) in [5.41, 5.74) is -0.605. The molecule has 0 heterocycles. The molecule has 1 aromatic rings. The Hall–Kier alpha value is -2.04. The summed E-state index contributed by atoms with van der Waals surface area (Å²) in [6.07, 6.45) is 1.37. The molecule has 0 aliphatic carbocycles. The molecule has 0 spiro atoms. The normalized spacial score (nSPS) is 10.9. The van der Waals surface area contributed by atoms with Gasteiger partial charge in [0.15, 0.2) is 0 Å². The molecule has 0 bridgehead atoms. The third-order valence-corrected chi connectivity index (χ3v) is 2.38. The van der Waals surface area contributed by atoms with Crippen LogP contribution >= 0.6 is 0 Å². The molecule has 5 heteroatoms. The average molecular weight is 294 g/mol. The number of benzene rings is 1. The minimum atomic E-state index is -0.768. The molecule has 0 fully saturated rings. The maximum Gasteiger partial charge on any atom is 0.514 e. The number of ether oxygens (including phenoxy) is 3. The van der Waals surface area contributed by atoms with Crippen LogP contribution in [0.3, 0.4) is 0 Å². The molecule has 0 unspecified atom stereocenters. The van der Waals surface area contributed by atoms with Crippen molar-refractivity contribution in [3.8, 4) is 11.5 Å². The third kappa shape index (κ3) is 7.34. The van der Waals surface area contributed by atoms with E-state index in [2.05, 4.69) is 0 Å². The van der Waals surface area contributed by atoms with Crippen molar-refractivity contribution >= 4 is 12.1 Å². The van der Waals surface area contributed by atoms with Crippen LogP contribution < -0.4 is 9.47 Å². The Morgan fingerprint density at radius 2 is 1.52 bits per heavy atom. The number of esters is 1. The summed E-state index contributed by atoms with van der Waals surface area (Å²) in [5.74, 6) is 0.489. The Balaban J connectivity index is 2.50. The van der Waals surface area contributed by atoms with Crippen molar-refractivity contribution in [1.29, 1.82) is 0 Å². The highest BCUT2D eigenvalue weighted by Crippen LogP contribution is 2.19. The van der Waals surface area contributed by atoms with Crippen molar-refractivity contribution in [1.82, 2.24) is 0 Å². The zero-order valence-corrected chi connectivity index (χ0v) is 13.0. The first-order valence-corrected chi connectivity index (χ1v) is 7.02. The van der Waals surface area contributed by atoms with Gasteiger partial charge in [-0.15, -0.1) is 0 Å². The fourth-order valence-corrected chi connectivity index (χ4v) is 1.45. The van der Waals surface area contributed by atoms with Crippen LogP contribution in [0.5, 0.6) is 11.5 Å². The fourth-order valence-electron chi connectivity index (χ4n) is 1.45. The highest BCUT2D eigenvalue weighted by atomic mass is 16.7. The molecule has 0 amide bonds. The molecule has 116 valence electrons. The molecule has 0 N–H and O–H groups in total. The summed E-state index contributed by atoms with van der Waals surface area (Å²) in [6, 6.07) is 6.24. The second-order valence-corrected chi connectivity index (χ2v) is 5.62. The summed E-state index contributed by atoms with van der Waals surface area (Å²) in [7, 11) is 0. The minimum Gasteiger partial charge on any atom is -0.428 e. The van der Waals surface area contributed by atoms with Crippen molar-refractivity contribution in [3.63, 3.8) is 0 Å². The van der Waals surface area contributed by atoms with E-state index >= 15 is 0 Å². The van der Waals surface area contributed by atoms with Gasteiger partial charge in [-0.2, -0.15) is 0 Å². The Morgan fingerprint density at radius 3 is 2.00 bits per heavy atom. The highest BCUT2D eigenvalue weighted by Gasteiger charge is 2.18. The van der Waals surface area contributed by atoms with Crippen LogP contribution in [0.15, 0.2) is 24.3 Å². The predicted molar refractivity (Wildman–Crippen MR) is 78.5 cm³/mol. The van der Waals surface area contributed by atoms with Crippen molar-refractivity contribution in [2.75, 3.05) is 0 Å². The summed E-state index contributed by atoms with van der Waals surface area (Å²) < 4.78 is 15.2. The smallest absolute Gasteiger partial charge is 0.428 e. The molecule has 0 aliphatic rings. The van der Waals surface area contributed by atoms with E-state index in [0.717, 1.165) is 12.8 Å². The summed E-state index contributed by atoms with van der Waals surface area (Å²) >= 11 is 0. The van der Waals surface area contributed by atoms with Gasteiger partial charge in [-0.25, -0.2) is 4.79 Å². The molecule has 1 aromatic carbocycles. The summed E-state index contributed by atoms with van der Waals surface area (Å²) in [6.45, 7) is 7.28. The van der Waals surface area contributed by atoms with Gasteiger partial charge in [0.2, 0.25) is 0 Å². The van der Waals surface area contributed by atoms with Gasteiger partial charge >= 0.3 is 12.1 Å². The van der Waals surface area contributed by atoms with Gasteiger partial charge in [0, 0.05) is 6.42 Å². The second kappa shape index (κ2) is 7.67. The lowest BCUT2D eigenvalue weighted by Crippen LogP contribution is -2.25. The van der Waals surface area contributed by atoms with E-state index in [1.54, 1.807) is 45.0 Å². The van der Waals surface area contributed by atoms with Gasteiger partial charge in [-0.3, -0.25) is 4.79 Å². The Morgan fingerprint density at radius 1 is 1.00 bits per heavy atom. The zero-order chi connectivity index (χ0) is 15.9. The molecular weight excluding hydrogens is 272 g/mol. The first-order valence-electron chi connectivity index (χ1n) is 7.02. The van der Waals surface area contributed by atoms with Gasteiger partial charge in [-0.1, -0.05) is 13.3 Å². The molecule has 0 saturated carbocycles. The standard InChI is InChI=1S/C16H22O5/c1-5-6-7-14(17)19-12-8-10-13(11-9-12)20-15(18)21-16(2,3)4/h8-11H,5-7H2,1-4H3. The molecule has 0 radical (unpaired) electrons. The molecule has 21 heavy (non-hydrogen) atoms. The second-order valence-electron chi connectivity index (χ2n) is 5.62. The van der Waals surface area contributed by atoms with Crippen LogP contribution in [-0.4, -0.2) is 17.7 Å². The molecule has 0 aliphatic heterocycles. The SMILES string of the molecule is CCCCC(=O)Oc1ccc(OC(=O)OC(C)(C)C)cc1. The number of unbranched alkanes of at least 4 members (excludes halogenated alkanes) is 1. The van der Waals surface area contributed by atoms with Crippen LogP contribution in [-0.2, 0) is 9.53 Å². The number of hydrogen-bond donors (Lipinski definition) is 0. The largest absolute Gasteiger partial charge is 0.514 e. The van der Waals surface area contributed by atoms with E-state index in [9.17, 15) is 9.59 Å². The average Bonchev–Trinajstić information content (AvgIpc) is 2.36.